The van der Waals surface area contributed by atoms with E-state index in [0.29, 0.717) is 10.2 Å². The second-order valence-corrected chi connectivity index (χ2v) is 4.38. The lowest BCUT2D eigenvalue weighted by Crippen LogP contribution is -2.10. The van der Waals surface area contributed by atoms with Gasteiger partial charge in [0.05, 0.1) is 11.6 Å². The van der Waals surface area contributed by atoms with E-state index in [1.54, 1.807) is 6.07 Å². The van der Waals surface area contributed by atoms with Crippen molar-refractivity contribution in [2.24, 2.45) is 5.73 Å². The summed E-state index contributed by atoms with van der Waals surface area (Å²) in [5.41, 5.74) is 6.95. The van der Waals surface area contributed by atoms with Crippen molar-refractivity contribution < 1.29 is 9.84 Å². The molecule has 0 aliphatic carbocycles. The second-order valence-electron chi connectivity index (χ2n) is 3.53. The van der Waals surface area contributed by atoms with Crippen molar-refractivity contribution in [3.8, 4) is 11.5 Å². The van der Waals surface area contributed by atoms with Gasteiger partial charge in [-0.2, -0.15) is 0 Å². The van der Waals surface area contributed by atoms with Gasteiger partial charge in [-0.15, -0.1) is 19.0 Å². The molecule has 3 N–H and O–H groups in total. The molecule has 1 aromatic rings. The van der Waals surface area contributed by atoms with E-state index in [-0.39, 0.29) is 24.2 Å². The molecule has 1 aromatic carbocycles. The molecule has 0 aliphatic rings. The lowest BCUT2D eigenvalue weighted by molar-refractivity contribution is 0.371. The van der Waals surface area contributed by atoms with Crippen LogP contribution in [-0.4, -0.2) is 12.2 Å². The lowest BCUT2D eigenvalue weighted by atomic mass is 10.0. The molecule has 1 atom stereocenters. The van der Waals surface area contributed by atoms with Gasteiger partial charge in [0.25, 0.3) is 0 Å². The van der Waals surface area contributed by atoms with Gasteiger partial charge in [0.1, 0.15) is 0 Å². The molecular formula is C12H17BrClNO2. The maximum Gasteiger partial charge on any atom is 0.172 e. The van der Waals surface area contributed by atoms with Crippen molar-refractivity contribution in [1.82, 2.24) is 0 Å². The number of rotatable bonds is 5. The quantitative estimate of drug-likeness (QED) is 0.815. The summed E-state index contributed by atoms with van der Waals surface area (Å²) in [6.07, 6.45) is 3.53. The van der Waals surface area contributed by atoms with Gasteiger partial charge < -0.3 is 15.6 Å². The molecule has 0 aromatic heterocycles. The molecule has 0 aliphatic heterocycles. The zero-order valence-electron chi connectivity index (χ0n) is 9.65. The van der Waals surface area contributed by atoms with Gasteiger partial charge in [-0.25, -0.2) is 0 Å². The number of ether oxygens (including phenoxy) is 1. The van der Waals surface area contributed by atoms with Crippen molar-refractivity contribution in [2.45, 2.75) is 18.9 Å². The number of phenols is 1. The highest BCUT2D eigenvalue weighted by Crippen LogP contribution is 2.37. The summed E-state index contributed by atoms with van der Waals surface area (Å²) >= 11 is 3.27. The minimum atomic E-state index is -0.0798. The lowest BCUT2D eigenvalue weighted by Gasteiger charge is -2.14. The third-order valence-corrected chi connectivity index (χ3v) is 2.99. The number of halogens is 2. The molecule has 0 saturated heterocycles. The van der Waals surface area contributed by atoms with E-state index in [1.165, 1.54) is 7.11 Å². The Bertz CT molecular complexity index is 385. The molecule has 0 amide bonds. The van der Waals surface area contributed by atoms with Gasteiger partial charge in [0.15, 0.2) is 11.5 Å². The number of aromatic hydroxyl groups is 1. The molecule has 0 unspecified atom stereocenters. The first kappa shape index (κ1) is 16.3. The molecule has 96 valence electrons. The Labute approximate surface area is 116 Å². The Balaban J connectivity index is 0.00000256. The van der Waals surface area contributed by atoms with Crippen LogP contribution >= 0.6 is 28.3 Å². The van der Waals surface area contributed by atoms with E-state index in [1.807, 2.05) is 12.1 Å². The van der Waals surface area contributed by atoms with E-state index >= 15 is 0 Å². The summed E-state index contributed by atoms with van der Waals surface area (Å²) in [7, 11) is 1.51. The van der Waals surface area contributed by atoms with Crippen LogP contribution in [0.4, 0.5) is 0 Å². The Morgan fingerprint density at radius 1 is 1.59 bits per heavy atom. The number of benzene rings is 1. The Hall–Kier alpha value is -0.710. The Morgan fingerprint density at radius 2 is 2.24 bits per heavy atom. The molecule has 0 heterocycles. The molecule has 17 heavy (non-hydrogen) atoms. The molecule has 0 fully saturated rings. The SMILES string of the molecule is C=CCC[C@@H](N)c1cc(Br)c(O)c(OC)c1.Cl. The molecule has 5 heteroatoms. The minimum Gasteiger partial charge on any atom is -0.503 e. The summed E-state index contributed by atoms with van der Waals surface area (Å²) < 4.78 is 5.66. The van der Waals surface area contributed by atoms with Gasteiger partial charge in [0.2, 0.25) is 0 Å². The van der Waals surface area contributed by atoms with Crippen molar-refractivity contribution in [2.75, 3.05) is 7.11 Å². The maximum absolute atomic E-state index is 9.65. The van der Waals surface area contributed by atoms with Crippen molar-refractivity contribution in [3.05, 3.63) is 34.8 Å². The van der Waals surface area contributed by atoms with Crippen LogP contribution in [0.15, 0.2) is 29.3 Å². The highest BCUT2D eigenvalue weighted by Gasteiger charge is 2.12. The summed E-state index contributed by atoms with van der Waals surface area (Å²) in [6.45, 7) is 3.66. The molecule has 0 bridgehead atoms. The highest BCUT2D eigenvalue weighted by atomic mass is 79.9. The van der Waals surface area contributed by atoms with Crippen LogP contribution < -0.4 is 10.5 Å². The van der Waals surface area contributed by atoms with E-state index in [2.05, 4.69) is 22.5 Å². The van der Waals surface area contributed by atoms with Crippen LogP contribution in [0.2, 0.25) is 0 Å². The van der Waals surface area contributed by atoms with Gasteiger partial charge in [-0.3, -0.25) is 0 Å². The van der Waals surface area contributed by atoms with Crippen LogP contribution in [0, 0.1) is 0 Å². The van der Waals surface area contributed by atoms with E-state index in [0.717, 1.165) is 18.4 Å². The first-order chi connectivity index (χ1) is 7.60. The fourth-order valence-corrected chi connectivity index (χ4v) is 1.89. The van der Waals surface area contributed by atoms with Gasteiger partial charge in [-0.05, 0) is 46.5 Å². The summed E-state index contributed by atoms with van der Waals surface area (Å²) in [5.74, 6) is 0.528. The van der Waals surface area contributed by atoms with Crippen LogP contribution in [0.5, 0.6) is 11.5 Å². The Kier molecular flexibility index (Phi) is 7.27. The maximum atomic E-state index is 9.65. The Morgan fingerprint density at radius 3 is 2.76 bits per heavy atom. The first-order valence-electron chi connectivity index (χ1n) is 5.03. The predicted molar refractivity (Wildman–Crippen MR) is 76.0 cm³/mol. The molecule has 0 radical (unpaired) electrons. The van der Waals surface area contributed by atoms with Gasteiger partial charge >= 0.3 is 0 Å². The van der Waals surface area contributed by atoms with Crippen LogP contribution in [0.25, 0.3) is 0 Å². The largest absolute Gasteiger partial charge is 0.503 e. The molecular weight excluding hydrogens is 305 g/mol. The summed E-state index contributed by atoms with van der Waals surface area (Å²) in [5, 5.41) is 9.65. The van der Waals surface area contributed by atoms with Crippen molar-refractivity contribution >= 4 is 28.3 Å². The predicted octanol–water partition coefficient (Wildman–Crippen LogP) is 3.55. The average Bonchev–Trinajstić information content (AvgIpc) is 2.29. The zero-order chi connectivity index (χ0) is 12.1. The average molecular weight is 323 g/mol. The monoisotopic (exact) mass is 321 g/mol. The fraction of sp³-hybridized carbons (Fsp3) is 0.333. The van der Waals surface area contributed by atoms with E-state index in [4.69, 9.17) is 10.5 Å². The second kappa shape index (κ2) is 7.58. The number of hydrogen-bond donors (Lipinski definition) is 2. The topological polar surface area (TPSA) is 55.5 Å². The third kappa shape index (κ3) is 4.22. The van der Waals surface area contributed by atoms with E-state index in [9.17, 15) is 5.11 Å². The molecule has 0 spiro atoms. The van der Waals surface area contributed by atoms with Crippen molar-refractivity contribution in [3.63, 3.8) is 0 Å². The number of methoxy groups -OCH3 is 1. The van der Waals surface area contributed by atoms with Crippen LogP contribution in [-0.2, 0) is 0 Å². The van der Waals surface area contributed by atoms with Crippen LogP contribution in [0.3, 0.4) is 0 Å². The highest BCUT2D eigenvalue weighted by molar-refractivity contribution is 9.10. The number of allylic oxidation sites excluding steroid dienone is 1. The first-order valence-corrected chi connectivity index (χ1v) is 5.82. The van der Waals surface area contributed by atoms with Gasteiger partial charge in [0, 0.05) is 6.04 Å². The third-order valence-electron chi connectivity index (χ3n) is 2.38. The fourth-order valence-electron chi connectivity index (χ4n) is 1.43. The minimum absolute atomic E-state index is 0. The normalized spacial score (nSPS) is 11.5. The number of nitrogens with two attached hydrogens (primary N) is 1. The number of hydrogen-bond acceptors (Lipinski definition) is 3. The van der Waals surface area contributed by atoms with Crippen molar-refractivity contribution in [1.29, 1.82) is 0 Å². The summed E-state index contributed by atoms with van der Waals surface area (Å²) in [6, 6.07) is 3.49. The standard InChI is InChI=1S/C12H16BrNO2.ClH/c1-3-4-5-10(14)8-6-9(13)12(15)11(7-8)16-2;/h3,6-7,10,15H,1,4-5,14H2,2H3;1H/t10-;/m1./s1. The van der Waals surface area contributed by atoms with Crippen LogP contribution in [0.1, 0.15) is 24.4 Å². The van der Waals surface area contributed by atoms with Gasteiger partial charge in [-0.1, -0.05) is 6.08 Å². The van der Waals surface area contributed by atoms with E-state index < -0.39 is 0 Å². The zero-order valence-corrected chi connectivity index (χ0v) is 12.1. The molecule has 0 saturated carbocycles. The molecule has 1 rings (SSSR count). The molecule has 3 nitrogen and oxygen atoms in total. The number of phenolic OH excluding ortho intramolecular Hbond substituents is 1. The smallest absolute Gasteiger partial charge is 0.172 e. The summed E-state index contributed by atoms with van der Waals surface area (Å²) in [4.78, 5) is 0.